The van der Waals surface area contributed by atoms with Crippen LogP contribution in [0.1, 0.15) is 17.3 Å². The second-order valence-corrected chi connectivity index (χ2v) is 5.41. The molecule has 0 spiro atoms. The van der Waals surface area contributed by atoms with Crippen molar-refractivity contribution in [3.8, 4) is 11.1 Å². The van der Waals surface area contributed by atoms with Crippen LogP contribution in [0.25, 0.3) is 11.1 Å². The molecule has 0 saturated carbocycles. The van der Waals surface area contributed by atoms with Crippen LogP contribution in [0.15, 0.2) is 55.1 Å². The van der Waals surface area contributed by atoms with Crippen molar-refractivity contribution in [1.29, 1.82) is 0 Å². The number of rotatable bonds is 2. The molecule has 3 aromatic rings. The molecule has 0 saturated heterocycles. The monoisotopic (exact) mass is 276 g/mol. The highest BCUT2D eigenvalue weighted by Crippen LogP contribution is 2.36. The molecule has 1 aliphatic heterocycles. The Morgan fingerprint density at radius 3 is 2.71 bits per heavy atom. The highest BCUT2D eigenvalue weighted by Gasteiger charge is 2.27. The fourth-order valence-corrected chi connectivity index (χ4v) is 2.97. The van der Waals surface area contributed by atoms with E-state index < -0.39 is 0 Å². The molecular weight excluding hydrogens is 260 g/mol. The van der Waals surface area contributed by atoms with E-state index in [-0.39, 0.29) is 6.04 Å². The molecule has 0 amide bonds. The lowest BCUT2D eigenvalue weighted by Crippen LogP contribution is -2.06. The number of benzene rings is 1. The number of nitrogens with zero attached hydrogens (tertiary/aromatic N) is 3. The Bertz CT molecular complexity index is 751. The lowest BCUT2D eigenvalue weighted by atomic mass is 9.98. The van der Waals surface area contributed by atoms with Crippen LogP contribution in [0.4, 0.5) is 5.82 Å². The zero-order chi connectivity index (χ0) is 14.2. The van der Waals surface area contributed by atoms with E-state index in [0.717, 1.165) is 17.9 Å². The first-order valence-corrected chi connectivity index (χ1v) is 7.09. The minimum absolute atomic E-state index is 0.235. The predicted molar refractivity (Wildman–Crippen MR) is 82.9 cm³/mol. The number of anilines is 1. The molecule has 1 aliphatic rings. The van der Waals surface area contributed by atoms with Crippen molar-refractivity contribution in [1.82, 2.24) is 14.5 Å². The van der Waals surface area contributed by atoms with Gasteiger partial charge in [-0.05, 0) is 5.56 Å². The van der Waals surface area contributed by atoms with E-state index in [9.17, 15) is 0 Å². The second kappa shape index (κ2) is 4.74. The Balaban J connectivity index is 1.75. The fourth-order valence-electron chi connectivity index (χ4n) is 2.97. The summed E-state index contributed by atoms with van der Waals surface area (Å²) in [4.78, 5) is 8.78. The molecule has 1 N–H and O–H groups in total. The van der Waals surface area contributed by atoms with Crippen LogP contribution in [0, 0.1) is 0 Å². The van der Waals surface area contributed by atoms with Crippen LogP contribution in [0.3, 0.4) is 0 Å². The Kier molecular flexibility index (Phi) is 2.74. The van der Waals surface area contributed by atoms with Gasteiger partial charge in [0.2, 0.25) is 0 Å². The summed E-state index contributed by atoms with van der Waals surface area (Å²) in [7, 11) is 2.06. The van der Waals surface area contributed by atoms with Crippen LogP contribution >= 0.6 is 0 Å². The first-order valence-electron chi connectivity index (χ1n) is 7.09. The number of aromatic nitrogens is 3. The molecule has 1 atom stereocenters. The van der Waals surface area contributed by atoms with E-state index in [1.165, 1.54) is 16.7 Å². The summed E-state index contributed by atoms with van der Waals surface area (Å²) >= 11 is 0. The minimum atomic E-state index is 0.235. The molecule has 4 rings (SSSR count). The van der Waals surface area contributed by atoms with E-state index in [1.807, 2.05) is 6.07 Å². The minimum Gasteiger partial charge on any atom is -0.361 e. The zero-order valence-electron chi connectivity index (χ0n) is 11.8. The van der Waals surface area contributed by atoms with Crippen molar-refractivity contribution in [2.75, 3.05) is 5.32 Å². The molecule has 2 aromatic heterocycles. The topological polar surface area (TPSA) is 42.7 Å². The average molecular weight is 276 g/mol. The van der Waals surface area contributed by atoms with Gasteiger partial charge in [0.25, 0.3) is 0 Å². The van der Waals surface area contributed by atoms with Crippen molar-refractivity contribution in [2.45, 2.75) is 12.5 Å². The third-order valence-electron chi connectivity index (χ3n) is 3.93. The summed E-state index contributed by atoms with van der Waals surface area (Å²) in [6.45, 7) is 0. The van der Waals surface area contributed by atoms with Crippen LogP contribution in [0.2, 0.25) is 0 Å². The summed E-state index contributed by atoms with van der Waals surface area (Å²) in [5.41, 5.74) is 4.85. The molecule has 3 heterocycles. The average Bonchev–Trinajstić information content (AvgIpc) is 3.11. The number of nitrogens with one attached hydrogen (secondary N) is 1. The maximum Gasteiger partial charge on any atom is 0.148 e. The second-order valence-electron chi connectivity index (χ2n) is 5.41. The van der Waals surface area contributed by atoms with E-state index in [1.54, 1.807) is 12.4 Å². The van der Waals surface area contributed by atoms with Gasteiger partial charge in [0.05, 0.1) is 11.7 Å². The smallest absolute Gasteiger partial charge is 0.148 e. The van der Waals surface area contributed by atoms with E-state index >= 15 is 0 Å². The number of hydrogen-bond acceptors (Lipinski definition) is 3. The highest BCUT2D eigenvalue weighted by atomic mass is 15.1. The third-order valence-corrected chi connectivity index (χ3v) is 3.93. The van der Waals surface area contributed by atoms with Gasteiger partial charge in [0.15, 0.2) is 0 Å². The summed E-state index contributed by atoms with van der Waals surface area (Å²) in [6, 6.07) is 10.7. The Hall–Kier alpha value is -2.62. The highest BCUT2D eigenvalue weighted by molar-refractivity contribution is 5.69. The van der Waals surface area contributed by atoms with Gasteiger partial charge >= 0.3 is 0 Å². The molecule has 0 radical (unpaired) electrons. The first-order chi connectivity index (χ1) is 10.3. The molecule has 0 aliphatic carbocycles. The van der Waals surface area contributed by atoms with Crippen LogP contribution in [-0.2, 0) is 13.5 Å². The van der Waals surface area contributed by atoms with E-state index in [0.29, 0.717) is 0 Å². The summed E-state index contributed by atoms with van der Waals surface area (Å²) in [6.07, 6.45) is 8.73. The maximum atomic E-state index is 4.41. The molecule has 1 aromatic carbocycles. The van der Waals surface area contributed by atoms with E-state index in [2.05, 4.69) is 63.6 Å². The molecule has 4 nitrogen and oxygen atoms in total. The SMILES string of the molecule is Cn1cc(-c2ccccc2)c(C2Cc3nccnc3N2)c1. The van der Waals surface area contributed by atoms with Gasteiger partial charge in [-0.25, -0.2) is 4.98 Å². The molecule has 4 heteroatoms. The lowest BCUT2D eigenvalue weighted by Gasteiger charge is -2.12. The van der Waals surface area contributed by atoms with Crippen molar-refractivity contribution in [3.05, 3.63) is 66.4 Å². The van der Waals surface area contributed by atoms with Gasteiger partial charge in [0, 0.05) is 49.4 Å². The van der Waals surface area contributed by atoms with Gasteiger partial charge in [-0.1, -0.05) is 30.3 Å². The Morgan fingerprint density at radius 1 is 1.10 bits per heavy atom. The predicted octanol–water partition coefficient (Wildman–Crippen LogP) is 3.19. The zero-order valence-corrected chi connectivity index (χ0v) is 11.8. The lowest BCUT2D eigenvalue weighted by molar-refractivity contribution is 0.803. The third kappa shape index (κ3) is 2.09. The molecule has 0 bridgehead atoms. The summed E-state index contributed by atoms with van der Waals surface area (Å²) in [5, 5.41) is 3.49. The van der Waals surface area contributed by atoms with Crippen LogP contribution < -0.4 is 5.32 Å². The van der Waals surface area contributed by atoms with Crippen molar-refractivity contribution >= 4 is 5.82 Å². The molecule has 0 fully saturated rings. The number of fused-ring (bicyclic) bond motifs is 1. The van der Waals surface area contributed by atoms with Gasteiger partial charge in [-0.3, -0.25) is 4.98 Å². The summed E-state index contributed by atoms with van der Waals surface area (Å²) in [5.74, 6) is 0.908. The van der Waals surface area contributed by atoms with Gasteiger partial charge in [0.1, 0.15) is 5.82 Å². The number of aryl methyl sites for hydroxylation is 1. The van der Waals surface area contributed by atoms with Gasteiger partial charge < -0.3 is 9.88 Å². The molecule has 1 unspecified atom stereocenters. The number of hydrogen-bond donors (Lipinski definition) is 1. The molecular formula is C17H16N4. The van der Waals surface area contributed by atoms with Crippen LogP contribution in [0.5, 0.6) is 0 Å². The quantitative estimate of drug-likeness (QED) is 0.781. The standard InChI is InChI=1S/C17H16N4/c1-21-10-13(12-5-3-2-4-6-12)14(11-21)15-9-16-17(20-15)19-8-7-18-16/h2-8,10-11,15H,9H2,1H3,(H,19,20). The van der Waals surface area contributed by atoms with Crippen molar-refractivity contribution < 1.29 is 0 Å². The Morgan fingerprint density at radius 2 is 1.90 bits per heavy atom. The van der Waals surface area contributed by atoms with Crippen LogP contribution in [-0.4, -0.2) is 14.5 Å². The summed E-state index contributed by atoms with van der Waals surface area (Å²) < 4.78 is 2.11. The Labute approximate surface area is 123 Å². The molecule has 104 valence electrons. The normalized spacial score (nSPS) is 16.5. The van der Waals surface area contributed by atoms with Crippen molar-refractivity contribution in [3.63, 3.8) is 0 Å². The fraction of sp³-hybridized carbons (Fsp3) is 0.176. The maximum absolute atomic E-state index is 4.41. The van der Waals surface area contributed by atoms with Gasteiger partial charge in [-0.15, -0.1) is 0 Å². The largest absolute Gasteiger partial charge is 0.361 e. The van der Waals surface area contributed by atoms with Gasteiger partial charge in [-0.2, -0.15) is 0 Å². The molecule has 21 heavy (non-hydrogen) atoms. The van der Waals surface area contributed by atoms with E-state index in [4.69, 9.17) is 0 Å². The first kappa shape index (κ1) is 12.1. The van der Waals surface area contributed by atoms with Crippen molar-refractivity contribution in [2.24, 2.45) is 7.05 Å².